The Morgan fingerprint density at radius 1 is 1.16 bits per heavy atom. The molecular weight excluding hydrogens is 234 g/mol. The summed E-state index contributed by atoms with van der Waals surface area (Å²) in [7, 11) is 0. The Bertz CT molecular complexity index is 363. The molecule has 0 radical (unpaired) electrons. The van der Waals surface area contributed by atoms with Crippen molar-refractivity contribution < 1.29 is 5.11 Å². The number of aliphatic hydroxyl groups is 1. The first-order chi connectivity index (χ1) is 9.16. The Hall–Kier alpha value is -0.860. The van der Waals surface area contributed by atoms with Crippen LogP contribution in [0.4, 0.5) is 0 Å². The van der Waals surface area contributed by atoms with Crippen LogP contribution in [0.1, 0.15) is 57.4 Å². The van der Waals surface area contributed by atoms with Crippen molar-refractivity contribution in [2.24, 2.45) is 0 Å². The molecule has 0 amide bonds. The van der Waals surface area contributed by atoms with Crippen molar-refractivity contribution in [1.82, 2.24) is 5.32 Å². The van der Waals surface area contributed by atoms with Crippen LogP contribution in [0.2, 0.25) is 0 Å². The minimum atomic E-state index is -0.221. The Balaban J connectivity index is 2.00. The minimum absolute atomic E-state index is 0.221. The third kappa shape index (κ3) is 4.32. The van der Waals surface area contributed by atoms with Gasteiger partial charge in [0.15, 0.2) is 0 Å². The molecule has 2 rings (SSSR count). The van der Waals surface area contributed by atoms with Crippen molar-refractivity contribution in [3.63, 3.8) is 0 Å². The van der Waals surface area contributed by atoms with Crippen molar-refractivity contribution >= 4 is 0 Å². The van der Waals surface area contributed by atoms with Crippen molar-refractivity contribution in [3.8, 4) is 0 Å². The predicted molar refractivity (Wildman–Crippen MR) is 80.3 cm³/mol. The molecule has 106 valence electrons. The van der Waals surface area contributed by atoms with Gasteiger partial charge in [-0.25, -0.2) is 0 Å². The fraction of sp³-hybridized carbons (Fsp3) is 0.647. The van der Waals surface area contributed by atoms with Gasteiger partial charge in [-0.05, 0) is 44.6 Å². The van der Waals surface area contributed by atoms with E-state index in [2.05, 4.69) is 42.6 Å². The fourth-order valence-electron chi connectivity index (χ4n) is 3.37. The summed E-state index contributed by atoms with van der Waals surface area (Å²) in [6, 6.07) is 11.8. The number of rotatable bonds is 5. The van der Waals surface area contributed by atoms with E-state index >= 15 is 0 Å². The highest BCUT2D eigenvalue weighted by Crippen LogP contribution is 2.33. The zero-order chi connectivity index (χ0) is 13.7. The summed E-state index contributed by atoms with van der Waals surface area (Å²) in [5, 5.41) is 13.2. The first kappa shape index (κ1) is 14.5. The van der Waals surface area contributed by atoms with Crippen LogP contribution in [0.3, 0.4) is 0 Å². The summed E-state index contributed by atoms with van der Waals surface area (Å²) in [4.78, 5) is 0. The zero-order valence-electron chi connectivity index (χ0n) is 12.2. The van der Waals surface area contributed by atoms with Gasteiger partial charge in [-0.2, -0.15) is 0 Å². The smallest absolute Gasteiger partial charge is 0.0526 e. The lowest BCUT2D eigenvalue weighted by Crippen LogP contribution is -2.43. The van der Waals surface area contributed by atoms with Gasteiger partial charge in [0.2, 0.25) is 0 Å². The molecule has 1 saturated carbocycles. The Kier molecular flexibility index (Phi) is 5.41. The van der Waals surface area contributed by atoms with Crippen molar-refractivity contribution in [2.75, 3.05) is 0 Å². The van der Waals surface area contributed by atoms with Crippen LogP contribution < -0.4 is 5.32 Å². The molecule has 1 aromatic rings. The lowest BCUT2D eigenvalue weighted by Gasteiger charge is -2.35. The Morgan fingerprint density at radius 2 is 1.84 bits per heavy atom. The van der Waals surface area contributed by atoms with Crippen LogP contribution in [0, 0.1) is 0 Å². The van der Waals surface area contributed by atoms with Crippen LogP contribution in [0.25, 0.3) is 0 Å². The second-order valence-electron chi connectivity index (χ2n) is 6.06. The topological polar surface area (TPSA) is 32.3 Å². The summed E-state index contributed by atoms with van der Waals surface area (Å²) in [5.41, 5.74) is 1.46. The van der Waals surface area contributed by atoms with E-state index in [4.69, 9.17) is 0 Å². The summed E-state index contributed by atoms with van der Waals surface area (Å²) < 4.78 is 0. The summed E-state index contributed by atoms with van der Waals surface area (Å²) in [5.74, 6) is 0.631. The van der Waals surface area contributed by atoms with Crippen LogP contribution in [-0.2, 0) is 0 Å². The molecule has 0 spiro atoms. The molecule has 0 heterocycles. The highest BCUT2D eigenvalue weighted by Gasteiger charge is 2.27. The maximum atomic E-state index is 9.50. The monoisotopic (exact) mass is 261 g/mol. The van der Waals surface area contributed by atoms with E-state index in [-0.39, 0.29) is 6.10 Å². The molecule has 2 N–H and O–H groups in total. The third-order valence-corrected chi connectivity index (χ3v) is 4.19. The summed E-state index contributed by atoms with van der Waals surface area (Å²) >= 11 is 0. The van der Waals surface area contributed by atoms with E-state index in [1.165, 1.54) is 31.2 Å². The largest absolute Gasteiger partial charge is 0.393 e. The van der Waals surface area contributed by atoms with E-state index in [0.29, 0.717) is 18.0 Å². The molecule has 1 fully saturated rings. The highest BCUT2D eigenvalue weighted by molar-refractivity contribution is 5.22. The Morgan fingerprint density at radius 3 is 2.53 bits per heavy atom. The first-order valence-electron chi connectivity index (χ1n) is 7.66. The molecule has 0 bridgehead atoms. The highest BCUT2D eigenvalue weighted by atomic mass is 16.3. The summed E-state index contributed by atoms with van der Waals surface area (Å²) in [6.07, 6.45) is 5.80. The quantitative estimate of drug-likeness (QED) is 0.850. The first-order valence-corrected chi connectivity index (χ1v) is 7.66. The molecule has 19 heavy (non-hydrogen) atoms. The predicted octanol–water partition coefficient (Wildman–Crippen LogP) is 3.46. The maximum absolute atomic E-state index is 9.50. The second kappa shape index (κ2) is 7.06. The molecule has 0 aromatic heterocycles. The van der Waals surface area contributed by atoms with Gasteiger partial charge >= 0.3 is 0 Å². The zero-order valence-corrected chi connectivity index (χ0v) is 12.2. The normalized spacial score (nSPS) is 26.9. The van der Waals surface area contributed by atoms with E-state index in [0.717, 1.165) is 6.42 Å². The van der Waals surface area contributed by atoms with Gasteiger partial charge in [0.1, 0.15) is 0 Å². The number of benzene rings is 1. The van der Waals surface area contributed by atoms with Gasteiger partial charge < -0.3 is 10.4 Å². The molecule has 1 aliphatic rings. The second-order valence-corrected chi connectivity index (χ2v) is 6.06. The third-order valence-electron chi connectivity index (χ3n) is 4.19. The Labute approximate surface area is 117 Å². The average molecular weight is 261 g/mol. The van der Waals surface area contributed by atoms with Crippen LogP contribution in [0.15, 0.2) is 30.3 Å². The van der Waals surface area contributed by atoms with E-state index in [1.807, 2.05) is 6.92 Å². The number of aliphatic hydroxyl groups excluding tert-OH is 1. The molecule has 1 aromatic carbocycles. The average Bonchev–Trinajstić information content (AvgIpc) is 2.39. The lowest BCUT2D eigenvalue weighted by atomic mass is 9.79. The molecule has 0 aliphatic heterocycles. The number of hydrogen-bond donors (Lipinski definition) is 2. The van der Waals surface area contributed by atoms with Gasteiger partial charge in [0.05, 0.1) is 6.10 Å². The summed E-state index contributed by atoms with van der Waals surface area (Å²) in [6.45, 7) is 4.05. The molecule has 4 unspecified atom stereocenters. The fourth-order valence-corrected chi connectivity index (χ4v) is 3.37. The molecule has 2 heteroatoms. The van der Waals surface area contributed by atoms with Crippen LogP contribution in [-0.4, -0.2) is 23.3 Å². The minimum Gasteiger partial charge on any atom is -0.393 e. The molecule has 4 atom stereocenters. The van der Waals surface area contributed by atoms with Gasteiger partial charge in [-0.1, -0.05) is 43.2 Å². The molecule has 1 aliphatic carbocycles. The number of hydrogen-bond acceptors (Lipinski definition) is 2. The van der Waals surface area contributed by atoms with Crippen molar-refractivity contribution in [3.05, 3.63) is 35.9 Å². The standard InChI is InChI=1S/C17H27NO/c1-13(12-14(2)19)18-17-11-7-6-10-16(17)15-8-4-3-5-9-15/h3-5,8-9,13-14,16-19H,6-7,10-12H2,1-2H3. The molecule has 2 nitrogen and oxygen atoms in total. The van der Waals surface area contributed by atoms with E-state index < -0.39 is 0 Å². The number of nitrogens with one attached hydrogen (secondary N) is 1. The van der Waals surface area contributed by atoms with Crippen LogP contribution in [0.5, 0.6) is 0 Å². The van der Waals surface area contributed by atoms with Crippen LogP contribution >= 0.6 is 0 Å². The van der Waals surface area contributed by atoms with Gasteiger partial charge in [-0.15, -0.1) is 0 Å². The lowest BCUT2D eigenvalue weighted by molar-refractivity contribution is 0.163. The van der Waals surface area contributed by atoms with E-state index in [9.17, 15) is 5.11 Å². The van der Waals surface area contributed by atoms with Crippen molar-refractivity contribution in [1.29, 1.82) is 0 Å². The molecular formula is C17H27NO. The molecule has 0 saturated heterocycles. The van der Waals surface area contributed by atoms with Gasteiger partial charge in [0, 0.05) is 12.1 Å². The van der Waals surface area contributed by atoms with Gasteiger partial charge in [0.25, 0.3) is 0 Å². The van der Waals surface area contributed by atoms with Crippen molar-refractivity contribution in [2.45, 2.75) is 70.1 Å². The van der Waals surface area contributed by atoms with Gasteiger partial charge in [-0.3, -0.25) is 0 Å². The maximum Gasteiger partial charge on any atom is 0.0526 e. The van der Waals surface area contributed by atoms with E-state index in [1.54, 1.807) is 0 Å². The SMILES string of the molecule is CC(O)CC(C)NC1CCCCC1c1ccccc1.